The molecule has 285 valence electrons. The van der Waals surface area contributed by atoms with E-state index in [9.17, 15) is 0 Å². The Balaban J connectivity index is -0.000000181. The van der Waals surface area contributed by atoms with Crippen molar-refractivity contribution in [3.63, 3.8) is 0 Å². The zero-order chi connectivity index (χ0) is 41.8. The molecule has 1 radical (unpaired) electrons. The maximum Gasteiger partial charge on any atom is 1.00 e. The third-order valence-corrected chi connectivity index (χ3v) is 7.18. The van der Waals surface area contributed by atoms with Crippen molar-refractivity contribution in [1.82, 2.24) is 0 Å². The molecule has 0 heterocycles. The monoisotopic (exact) mass is 907 g/mol. The molecule has 0 spiro atoms. The summed E-state index contributed by atoms with van der Waals surface area (Å²) in [5, 5.41) is 41.6. The van der Waals surface area contributed by atoms with Crippen LogP contribution in [-0.4, -0.2) is 45.8 Å². The van der Waals surface area contributed by atoms with Gasteiger partial charge in [-0.15, -0.1) is 0 Å². The topological polar surface area (TPSA) is 152 Å². The van der Waals surface area contributed by atoms with Gasteiger partial charge in [-0.3, -0.25) is 0 Å². The van der Waals surface area contributed by atoms with Crippen LogP contribution in [0.5, 0.6) is 23.0 Å². The molecular weight excluding hydrogens is 868 g/mol. The van der Waals surface area contributed by atoms with Crippen molar-refractivity contribution in [3.8, 4) is 35.1 Å². The van der Waals surface area contributed by atoms with Gasteiger partial charge in [0.15, 0.2) is 0 Å². The summed E-state index contributed by atoms with van der Waals surface area (Å²) in [4.78, 5) is 0. The van der Waals surface area contributed by atoms with Crippen molar-refractivity contribution in [2.45, 2.75) is 39.4 Å². The SMILES string of the molecule is CC#N.CCO.COc1cc(C)ccc1Cl.COc1cc(CBr)ccc1Cl.COc1cc(CC#N)ccc1Cl.Cc1ccc(Cl)c(O)c1.[B]=NS.[C-]#N.[Na+]. The van der Waals surface area contributed by atoms with E-state index in [2.05, 4.69) is 46.8 Å². The quantitative estimate of drug-likeness (QED) is 0.0781. The number of hydrogen-bond acceptors (Lipinski definition) is 10. The summed E-state index contributed by atoms with van der Waals surface area (Å²) in [6.45, 7) is 12.0. The van der Waals surface area contributed by atoms with Crippen molar-refractivity contribution < 1.29 is 54.0 Å². The number of rotatable bonds is 5. The van der Waals surface area contributed by atoms with E-state index in [0.29, 0.717) is 32.3 Å². The fourth-order valence-corrected chi connectivity index (χ4v) is 4.13. The van der Waals surface area contributed by atoms with E-state index in [4.69, 9.17) is 93.2 Å². The van der Waals surface area contributed by atoms with Crippen LogP contribution in [0.4, 0.5) is 0 Å². The summed E-state index contributed by atoms with van der Waals surface area (Å²) in [5.41, 5.74) is 4.24. The van der Waals surface area contributed by atoms with E-state index in [1.165, 1.54) is 6.92 Å². The maximum atomic E-state index is 8.97. The predicted octanol–water partition coefficient (Wildman–Crippen LogP) is 8.48. The summed E-state index contributed by atoms with van der Waals surface area (Å²) in [6, 6.07) is 25.7. The molecule has 0 aromatic heterocycles. The smallest absolute Gasteiger partial charge is 0.512 e. The van der Waals surface area contributed by atoms with Crippen LogP contribution in [0.15, 0.2) is 77.1 Å². The van der Waals surface area contributed by atoms with Crippen LogP contribution in [-0.2, 0) is 11.8 Å². The average molecular weight is 910 g/mol. The van der Waals surface area contributed by atoms with Gasteiger partial charge in [-0.25, -0.2) is 0 Å². The third kappa shape index (κ3) is 31.7. The number of aryl methyl sites for hydroxylation is 2. The second-order valence-corrected chi connectivity index (χ2v) is 11.6. The van der Waals surface area contributed by atoms with E-state index in [0.717, 1.165) is 39.1 Å². The van der Waals surface area contributed by atoms with Gasteiger partial charge in [0.05, 0.1) is 60.0 Å². The number of phenolic OH excluding ortho intramolecular Hbond substituents is 1. The molecule has 0 aliphatic rings. The predicted molar refractivity (Wildman–Crippen MR) is 225 cm³/mol. The first kappa shape index (κ1) is 60.6. The Hall–Kier alpha value is -2.64. The molecule has 2 N–H and O–H groups in total. The number of aromatic hydroxyl groups is 1. The standard InChI is InChI=1S/C9H8ClNO.C8H8BrClO.C8H9ClO.C7H7ClO.C2H3N.C2H6O.CN.BHNS.Na/c1-12-9-6-7(4-5-11)2-3-8(9)10;1-11-8-4-6(5-9)2-3-7(8)10;1-6-3-4-7(9)8(5-6)10-2;1-5-2-3-6(8)7(9)4-5;2*1-2-3;1-2;1-2-3;/h2-3,6H,4H2,1H3;2-4H,5H2,1H3;3-5H,1-2H3;2-4,9H,1H3;1H3;3H,2H2,1H3;;3H;/q;;;;;;-1;;+1. The Bertz CT molecular complexity index is 1700. The number of methoxy groups -OCH3 is 3. The summed E-state index contributed by atoms with van der Waals surface area (Å²) in [6.07, 6.45) is 0.382. The first-order valence-electron chi connectivity index (χ1n) is 14.7. The number of aliphatic hydroxyl groups excluding tert-OH is 1. The van der Waals surface area contributed by atoms with Crippen LogP contribution in [0.2, 0.25) is 20.1 Å². The molecule has 0 amide bonds. The second-order valence-electron chi connectivity index (χ2n) is 9.15. The third-order valence-electron chi connectivity index (χ3n) is 5.28. The number of benzene rings is 4. The van der Waals surface area contributed by atoms with Gasteiger partial charge >= 0.3 is 54.3 Å². The molecular formula is C37H42BBrCl4N4NaO5S. The number of ether oxygens (including phenoxy) is 3. The van der Waals surface area contributed by atoms with E-state index in [1.54, 1.807) is 58.6 Å². The van der Waals surface area contributed by atoms with Crippen molar-refractivity contribution >= 4 is 82.8 Å². The number of nitrogens with zero attached hydrogens (tertiary/aromatic N) is 4. The number of phenols is 1. The molecule has 4 aromatic carbocycles. The largest absolute Gasteiger partial charge is 1.00 e. The molecule has 0 aliphatic heterocycles. The number of alkyl halides is 1. The van der Waals surface area contributed by atoms with Gasteiger partial charge in [0.25, 0.3) is 0 Å². The first-order chi connectivity index (χ1) is 25.2. The minimum absolute atomic E-state index is 0. The van der Waals surface area contributed by atoms with Crippen LogP contribution >= 0.6 is 75.1 Å². The molecule has 4 aromatic rings. The molecule has 0 atom stereocenters. The normalized spacial score (nSPS) is 8.09. The molecule has 9 nitrogen and oxygen atoms in total. The van der Waals surface area contributed by atoms with Crippen molar-refractivity contribution in [3.05, 3.63) is 122 Å². The molecule has 17 heteroatoms. The van der Waals surface area contributed by atoms with Crippen molar-refractivity contribution in [2.24, 2.45) is 4.30 Å². The Labute approximate surface area is 377 Å². The number of thiol groups is 1. The number of aliphatic hydroxyl groups is 1. The fourth-order valence-electron chi connectivity index (χ4n) is 3.08. The van der Waals surface area contributed by atoms with E-state index in [-0.39, 0.29) is 41.9 Å². The average Bonchev–Trinajstić information content (AvgIpc) is 3.15. The van der Waals surface area contributed by atoms with Gasteiger partial charge in [0.2, 0.25) is 0 Å². The fraction of sp³-hybridized carbons (Fsp3) is 0.270. The van der Waals surface area contributed by atoms with Gasteiger partial charge < -0.3 is 36.3 Å². The van der Waals surface area contributed by atoms with E-state index < -0.39 is 0 Å². The van der Waals surface area contributed by atoms with Gasteiger partial charge in [-0.2, -0.15) is 10.5 Å². The van der Waals surface area contributed by atoms with Crippen LogP contribution in [0.1, 0.15) is 36.1 Å². The molecule has 0 fully saturated rings. The number of halogens is 5. The molecule has 0 unspecified atom stereocenters. The minimum atomic E-state index is 0. The summed E-state index contributed by atoms with van der Waals surface area (Å²) in [5.74, 6) is 2.23. The maximum absolute atomic E-state index is 8.97. The number of hydrogen-bond donors (Lipinski definition) is 3. The Morgan fingerprint density at radius 1 is 0.759 bits per heavy atom. The minimum Gasteiger partial charge on any atom is -0.512 e. The van der Waals surface area contributed by atoms with Crippen LogP contribution in [0.3, 0.4) is 0 Å². The Morgan fingerprint density at radius 2 is 1.07 bits per heavy atom. The molecule has 4 rings (SSSR count). The van der Waals surface area contributed by atoms with Crippen molar-refractivity contribution in [1.29, 1.82) is 15.8 Å². The van der Waals surface area contributed by atoms with Crippen LogP contribution in [0, 0.1) is 48.3 Å². The summed E-state index contributed by atoms with van der Waals surface area (Å²) in [7, 11) is 9.11. The van der Waals surface area contributed by atoms with Gasteiger partial charge in [0.1, 0.15) is 23.0 Å². The van der Waals surface area contributed by atoms with Gasteiger partial charge in [0, 0.05) is 18.9 Å². The van der Waals surface area contributed by atoms with Crippen LogP contribution in [0.25, 0.3) is 0 Å². The van der Waals surface area contributed by atoms with Crippen LogP contribution < -0.4 is 43.8 Å². The Kier molecular flexibility index (Phi) is 46.6. The molecule has 0 saturated heterocycles. The van der Waals surface area contributed by atoms with Crippen molar-refractivity contribution in [2.75, 3.05) is 27.9 Å². The van der Waals surface area contributed by atoms with E-state index in [1.807, 2.05) is 62.4 Å². The molecule has 0 aliphatic carbocycles. The summed E-state index contributed by atoms with van der Waals surface area (Å²) < 4.78 is 17.7. The summed E-state index contributed by atoms with van der Waals surface area (Å²) >= 11 is 29.4. The van der Waals surface area contributed by atoms with Gasteiger partial charge in [-0.1, -0.05) is 86.6 Å². The molecule has 0 saturated carbocycles. The zero-order valence-electron chi connectivity index (χ0n) is 31.4. The second kappa shape index (κ2) is 41.5. The first-order valence-corrected chi connectivity index (χ1v) is 17.8. The van der Waals surface area contributed by atoms with E-state index >= 15 is 0 Å². The molecule has 54 heavy (non-hydrogen) atoms. The van der Waals surface area contributed by atoms with Gasteiger partial charge in [-0.05, 0) is 91.6 Å². The Morgan fingerprint density at radius 3 is 1.39 bits per heavy atom. The number of nitriles is 2. The zero-order valence-corrected chi connectivity index (χ0v) is 38.9. The molecule has 0 bridgehead atoms.